The van der Waals surface area contributed by atoms with Gasteiger partial charge in [-0.1, -0.05) is 11.6 Å². The van der Waals surface area contributed by atoms with Crippen LogP contribution in [0.15, 0.2) is 29.5 Å². The first-order chi connectivity index (χ1) is 14.4. The van der Waals surface area contributed by atoms with Gasteiger partial charge >= 0.3 is 6.09 Å². The van der Waals surface area contributed by atoms with E-state index >= 15 is 0 Å². The van der Waals surface area contributed by atoms with Crippen LogP contribution in [0.2, 0.25) is 5.02 Å². The van der Waals surface area contributed by atoms with Crippen LogP contribution in [0.4, 0.5) is 9.18 Å². The van der Waals surface area contributed by atoms with Crippen LogP contribution in [0.1, 0.15) is 32.8 Å². The molecule has 8 nitrogen and oxygen atoms in total. The number of benzene rings is 1. The first-order valence-electron chi connectivity index (χ1n) is 9.82. The molecule has 0 saturated carbocycles. The summed E-state index contributed by atoms with van der Waals surface area (Å²) in [5.41, 5.74) is 5.34. The highest BCUT2D eigenvalue weighted by molar-refractivity contribution is 6.32. The van der Waals surface area contributed by atoms with E-state index in [2.05, 4.69) is 0 Å². The molecule has 1 aliphatic rings. The van der Waals surface area contributed by atoms with Crippen molar-refractivity contribution in [2.24, 2.45) is 5.73 Å². The Kier molecular flexibility index (Phi) is 8.16. The van der Waals surface area contributed by atoms with Gasteiger partial charge in [0.25, 0.3) is 5.91 Å². The standard InChI is InChI=1S/C21H28ClFN4O4/c1-21(2,3)31-20(29)27-10-13(7-8-30-4)26-16(11-27)17(19(25)28)18(24)12-5-6-15(23)14(22)9-12/h5-6,9,13,24,26H,7-8,10-11H2,1-4H3,(H2,25,28)/p+1. The Balaban J connectivity index is 2.45. The second-order valence-electron chi connectivity index (χ2n) is 8.34. The fourth-order valence-electron chi connectivity index (χ4n) is 3.25. The molecule has 0 aromatic heterocycles. The molecule has 1 aromatic rings. The number of quaternary nitrogens is 1. The molecule has 1 atom stereocenters. The number of nitrogens with one attached hydrogen (secondary N) is 1. The van der Waals surface area contributed by atoms with Gasteiger partial charge in [-0.15, -0.1) is 0 Å². The Hall–Kier alpha value is -2.49. The zero-order valence-corrected chi connectivity index (χ0v) is 18.9. The minimum absolute atomic E-state index is 0.0496. The maximum atomic E-state index is 13.5. The Morgan fingerprint density at radius 1 is 1.39 bits per heavy atom. The summed E-state index contributed by atoms with van der Waals surface area (Å²) >= 11 is 5.84. The first kappa shape index (κ1) is 24.8. The number of primary amides is 1. The van der Waals surface area contributed by atoms with E-state index in [1.807, 2.05) is 5.32 Å². The Morgan fingerprint density at radius 3 is 2.61 bits per heavy atom. The Bertz CT molecular complexity index is 898. The average molecular weight is 456 g/mol. The van der Waals surface area contributed by atoms with Crippen molar-refractivity contribution in [2.45, 2.75) is 38.8 Å². The molecule has 0 radical (unpaired) electrons. The molecule has 0 aliphatic carbocycles. The van der Waals surface area contributed by atoms with Crippen molar-refractivity contribution in [1.82, 2.24) is 4.90 Å². The van der Waals surface area contributed by atoms with E-state index in [1.54, 1.807) is 27.9 Å². The molecule has 1 unspecified atom stereocenters. The van der Waals surface area contributed by atoms with Crippen LogP contribution in [-0.4, -0.2) is 61.1 Å². The molecule has 31 heavy (non-hydrogen) atoms. The zero-order valence-electron chi connectivity index (χ0n) is 18.1. The summed E-state index contributed by atoms with van der Waals surface area (Å²) < 4.78 is 24.2. The average Bonchev–Trinajstić information content (AvgIpc) is 2.66. The van der Waals surface area contributed by atoms with Crippen LogP contribution < -0.4 is 11.1 Å². The van der Waals surface area contributed by atoms with E-state index in [0.29, 0.717) is 25.3 Å². The van der Waals surface area contributed by atoms with E-state index in [-0.39, 0.29) is 34.5 Å². The van der Waals surface area contributed by atoms with Crippen molar-refractivity contribution >= 4 is 29.3 Å². The number of halogens is 2. The van der Waals surface area contributed by atoms with E-state index < -0.39 is 23.4 Å². The first-order valence-corrected chi connectivity index (χ1v) is 10.2. The summed E-state index contributed by atoms with van der Waals surface area (Å²) in [6.45, 7) is 6.18. The van der Waals surface area contributed by atoms with Crippen LogP contribution >= 0.6 is 11.6 Å². The smallest absolute Gasteiger partial charge is 0.411 e. The number of carbonyl (C=O) groups is 2. The highest BCUT2D eigenvalue weighted by atomic mass is 35.5. The van der Waals surface area contributed by atoms with Crippen molar-refractivity contribution in [2.75, 3.05) is 26.8 Å². The molecular formula is C21H29ClFN4O4+. The van der Waals surface area contributed by atoms with Gasteiger partial charge in [0.05, 0.1) is 30.4 Å². The number of ether oxygens (including phenoxy) is 2. The zero-order chi connectivity index (χ0) is 23.3. The Morgan fingerprint density at radius 2 is 2.06 bits per heavy atom. The van der Waals surface area contributed by atoms with Gasteiger partial charge in [-0.05, 0) is 39.0 Å². The van der Waals surface area contributed by atoms with Crippen LogP contribution in [0.25, 0.3) is 0 Å². The SMILES string of the molecule is COCCC1CN(C(=O)OC(C)(C)C)CC(=C(C(=N)c2ccc(F)c(Cl)c2)C(N)=O)[NH2+]1. The van der Waals surface area contributed by atoms with E-state index in [0.717, 1.165) is 6.07 Å². The number of methoxy groups -OCH3 is 1. The molecule has 2 rings (SSSR count). The molecule has 0 spiro atoms. The molecular weight excluding hydrogens is 427 g/mol. The highest BCUT2D eigenvalue weighted by Gasteiger charge is 2.36. The predicted octanol–water partition coefficient (Wildman–Crippen LogP) is 1.81. The van der Waals surface area contributed by atoms with E-state index in [1.165, 1.54) is 17.0 Å². The quantitative estimate of drug-likeness (QED) is 0.447. The third-order valence-corrected chi connectivity index (χ3v) is 4.91. The monoisotopic (exact) mass is 455 g/mol. The number of nitrogens with two attached hydrogens (primary N) is 2. The van der Waals surface area contributed by atoms with Gasteiger partial charge in [0.1, 0.15) is 28.7 Å². The van der Waals surface area contributed by atoms with Gasteiger partial charge < -0.3 is 20.5 Å². The highest BCUT2D eigenvalue weighted by Crippen LogP contribution is 2.20. The second kappa shape index (κ2) is 10.2. The third-order valence-electron chi connectivity index (χ3n) is 4.62. The lowest BCUT2D eigenvalue weighted by Gasteiger charge is -2.34. The molecule has 2 amide bonds. The lowest BCUT2D eigenvalue weighted by molar-refractivity contribution is -0.654. The maximum absolute atomic E-state index is 13.5. The van der Waals surface area contributed by atoms with E-state index in [9.17, 15) is 14.0 Å². The van der Waals surface area contributed by atoms with Gasteiger partial charge in [-0.2, -0.15) is 0 Å². The summed E-state index contributed by atoms with van der Waals surface area (Å²) in [7, 11) is 1.58. The number of nitrogens with zero attached hydrogens (tertiary/aromatic N) is 1. The summed E-state index contributed by atoms with van der Waals surface area (Å²) in [6, 6.07) is 3.60. The third kappa shape index (κ3) is 6.75. The molecule has 1 saturated heterocycles. The summed E-state index contributed by atoms with van der Waals surface area (Å²) in [6.07, 6.45) is 0.0711. The van der Waals surface area contributed by atoms with Crippen LogP contribution in [0.5, 0.6) is 0 Å². The summed E-state index contributed by atoms with van der Waals surface area (Å²) in [4.78, 5) is 26.5. The van der Waals surface area contributed by atoms with Gasteiger partial charge in [0, 0.05) is 19.1 Å². The minimum Gasteiger partial charge on any atom is -0.444 e. The molecule has 1 aromatic carbocycles. The Labute approximate surface area is 186 Å². The minimum atomic E-state index is -0.826. The number of piperazine rings is 1. The molecule has 5 N–H and O–H groups in total. The second-order valence-corrected chi connectivity index (χ2v) is 8.74. The number of hydrogen-bond acceptors (Lipinski definition) is 5. The number of rotatable bonds is 6. The largest absolute Gasteiger partial charge is 0.444 e. The van der Waals surface area contributed by atoms with E-state index in [4.69, 9.17) is 32.2 Å². The number of amides is 2. The lowest BCUT2D eigenvalue weighted by Crippen LogP contribution is -2.94. The predicted molar refractivity (Wildman–Crippen MR) is 114 cm³/mol. The molecule has 1 fully saturated rings. The van der Waals surface area contributed by atoms with Gasteiger partial charge in [-0.25, -0.2) is 9.18 Å². The lowest BCUT2D eigenvalue weighted by atomic mass is 9.97. The van der Waals surface area contributed by atoms with Crippen molar-refractivity contribution in [3.8, 4) is 0 Å². The molecule has 10 heteroatoms. The van der Waals surface area contributed by atoms with Gasteiger partial charge in [0.15, 0.2) is 0 Å². The van der Waals surface area contributed by atoms with Crippen molar-refractivity contribution in [3.05, 3.63) is 45.9 Å². The van der Waals surface area contributed by atoms with Gasteiger partial charge in [-0.3, -0.25) is 15.1 Å². The molecule has 0 bridgehead atoms. The maximum Gasteiger partial charge on any atom is 0.411 e. The summed E-state index contributed by atoms with van der Waals surface area (Å²) in [5.74, 6) is -1.46. The topological polar surface area (TPSA) is 122 Å². The fourth-order valence-corrected chi connectivity index (χ4v) is 3.43. The molecule has 1 aliphatic heterocycles. The molecule has 1 heterocycles. The van der Waals surface area contributed by atoms with Crippen LogP contribution in [-0.2, 0) is 14.3 Å². The van der Waals surface area contributed by atoms with Crippen molar-refractivity contribution in [1.29, 1.82) is 5.41 Å². The van der Waals surface area contributed by atoms with Crippen molar-refractivity contribution in [3.63, 3.8) is 0 Å². The number of hydrogen-bond donors (Lipinski definition) is 3. The molecule has 170 valence electrons. The normalized spacial score (nSPS) is 18.5. The van der Waals surface area contributed by atoms with Crippen molar-refractivity contribution < 1.29 is 28.8 Å². The summed E-state index contributed by atoms with van der Waals surface area (Å²) in [5, 5.41) is 10.2. The fraction of sp³-hybridized carbons (Fsp3) is 0.476. The number of carbonyl (C=O) groups excluding carboxylic acids is 2. The van der Waals surface area contributed by atoms with Gasteiger partial charge in [0.2, 0.25) is 0 Å². The van der Waals surface area contributed by atoms with Crippen LogP contribution in [0, 0.1) is 11.2 Å². The van der Waals surface area contributed by atoms with Crippen LogP contribution in [0.3, 0.4) is 0 Å².